The molecule has 0 radical (unpaired) electrons. The molecule has 1 aliphatic carbocycles. The van der Waals surface area contributed by atoms with E-state index in [4.69, 9.17) is 0 Å². The van der Waals surface area contributed by atoms with Crippen molar-refractivity contribution in [2.45, 2.75) is 78.8 Å². The second kappa shape index (κ2) is 12.8. The van der Waals surface area contributed by atoms with Crippen molar-refractivity contribution in [3.05, 3.63) is 76.9 Å². The molecule has 0 bridgehead atoms. The zero-order valence-electron chi connectivity index (χ0n) is 24.8. The van der Waals surface area contributed by atoms with E-state index in [0.29, 0.717) is 26.1 Å². The number of nitrogens with zero attached hydrogens (tertiary/aromatic N) is 2. The Morgan fingerprint density at radius 1 is 1.05 bits per heavy atom. The Hall–Kier alpha value is -3.41. The fourth-order valence-corrected chi connectivity index (χ4v) is 5.66. The predicted molar refractivity (Wildman–Crippen MR) is 160 cm³/mol. The summed E-state index contributed by atoms with van der Waals surface area (Å²) in [4.78, 5) is 44.6. The van der Waals surface area contributed by atoms with Crippen LogP contribution in [0.5, 0.6) is 0 Å². The van der Waals surface area contributed by atoms with Crippen LogP contribution in [0, 0.1) is 11.3 Å². The van der Waals surface area contributed by atoms with Gasteiger partial charge in [0, 0.05) is 43.6 Å². The summed E-state index contributed by atoms with van der Waals surface area (Å²) in [5.41, 5.74) is 3.84. The van der Waals surface area contributed by atoms with Crippen molar-refractivity contribution in [3.63, 3.8) is 0 Å². The Balaban J connectivity index is 1.53. The summed E-state index contributed by atoms with van der Waals surface area (Å²) in [5, 5.41) is 3.06. The number of hydrogen-bond donors (Lipinski definition) is 1. The number of nitrogens with one attached hydrogen (secondary N) is 1. The van der Waals surface area contributed by atoms with Gasteiger partial charge in [0.2, 0.25) is 17.7 Å². The van der Waals surface area contributed by atoms with Gasteiger partial charge in [-0.2, -0.15) is 0 Å². The first-order valence-corrected chi connectivity index (χ1v) is 14.8. The summed E-state index contributed by atoms with van der Waals surface area (Å²) in [5.74, 6) is -0.237. The zero-order chi connectivity index (χ0) is 28.9. The summed E-state index contributed by atoms with van der Waals surface area (Å²) in [6, 6.07) is 17.7. The van der Waals surface area contributed by atoms with E-state index in [1.165, 1.54) is 11.1 Å². The van der Waals surface area contributed by atoms with Crippen LogP contribution in [0.25, 0.3) is 6.08 Å². The Morgan fingerprint density at radius 2 is 1.75 bits per heavy atom. The van der Waals surface area contributed by atoms with Gasteiger partial charge in [0.15, 0.2) is 0 Å². The van der Waals surface area contributed by atoms with Crippen molar-refractivity contribution in [1.29, 1.82) is 0 Å². The topological polar surface area (TPSA) is 69.7 Å². The Bertz CT molecular complexity index is 1230. The molecule has 6 heteroatoms. The summed E-state index contributed by atoms with van der Waals surface area (Å²) >= 11 is 0. The van der Waals surface area contributed by atoms with Gasteiger partial charge in [0.1, 0.15) is 6.04 Å². The molecule has 1 saturated heterocycles. The van der Waals surface area contributed by atoms with E-state index < -0.39 is 11.5 Å². The average molecular weight is 544 g/mol. The van der Waals surface area contributed by atoms with E-state index in [1.807, 2.05) is 80.8 Å². The summed E-state index contributed by atoms with van der Waals surface area (Å²) in [6.07, 6.45) is 5.87. The molecular weight excluding hydrogens is 498 g/mol. The highest BCUT2D eigenvalue weighted by molar-refractivity contribution is 6.00. The van der Waals surface area contributed by atoms with Gasteiger partial charge in [0.05, 0.1) is 0 Å². The van der Waals surface area contributed by atoms with E-state index in [0.717, 1.165) is 36.8 Å². The molecule has 2 aliphatic rings. The van der Waals surface area contributed by atoms with Gasteiger partial charge >= 0.3 is 0 Å². The molecule has 0 unspecified atom stereocenters. The molecule has 214 valence electrons. The summed E-state index contributed by atoms with van der Waals surface area (Å²) in [6.45, 7) is 11.6. The SMILES string of the molecule is CC[C@@H](C)C(=O)N[C@H](C(=O)N1CCC[C@H]1CN(CCc1ccccc1)C(=O)C1=Cc2ccccc2C1)C(C)(C)C. The largest absolute Gasteiger partial charge is 0.344 e. The fourth-order valence-electron chi connectivity index (χ4n) is 5.66. The van der Waals surface area contributed by atoms with E-state index in [1.54, 1.807) is 0 Å². The maximum atomic E-state index is 14.0. The number of amides is 3. The zero-order valence-corrected chi connectivity index (χ0v) is 24.8. The van der Waals surface area contributed by atoms with Gasteiger partial charge in [-0.05, 0) is 53.9 Å². The number of fused-ring (bicyclic) bond motifs is 1. The number of hydrogen-bond acceptors (Lipinski definition) is 3. The first kappa shape index (κ1) is 29.6. The normalized spacial score (nSPS) is 18.1. The van der Waals surface area contributed by atoms with Crippen LogP contribution in [0.15, 0.2) is 60.2 Å². The molecule has 40 heavy (non-hydrogen) atoms. The molecule has 1 N–H and O–H groups in total. The van der Waals surface area contributed by atoms with Crippen LogP contribution in [0.2, 0.25) is 0 Å². The maximum Gasteiger partial charge on any atom is 0.250 e. The fraction of sp³-hybridized carbons (Fsp3) is 0.500. The van der Waals surface area contributed by atoms with Gasteiger partial charge in [-0.3, -0.25) is 14.4 Å². The number of benzene rings is 2. The second-order valence-corrected chi connectivity index (χ2v) is 12.5. The number of rotatable bonds is 10. The molecule has 2 aromatic rings. The Morgan fingerprint density at radius 3 is 2.42 bits per heavy atom. The van der Waals surface area contributed by atoms with Crippen LogP contribution in [-0.4, -0.2) is 59.2 Å². The van der Waals surface area contributed by atoms with E-state index in [9.17, 15) is 14.4 Å². The molecule has 4 rings (SSSR count). The summed E-state index contributed by atoms with van der Waals surface area (Å²) < 4.78 is 0. The summed E-state index contributed by atoms with van der Waals surface area (Å²) in [7, 11) is 0. The van der Waals surface area contributed by atoms with Crippen molar-refractivity contribution >= 4 is 23.8 Å². The first-order chi connectivity index (χ1) is 19.1. The molecule has 1 heterocycles. The molecule has 1 fully saturated rings. The maximum absolute atomic E-state index is 14.0. The van der Waals surface area contributed by atoms with Gasteiger partial charge in [-0.15, -0.1) is 0 Å². The molecule has 1 aliphatic heterocycles. The molecule has 0 aromatic heterocycles. The van der Waals surface area contributed by atoms with Crippen LogP contribution in [-0.2, 0) is 27.2 Å². The Labute approximate surface area is 239 Å². The lowest BCUT2D eigenvalue weighted by molar-refractivity contribution is -0.142. The highest BCUT2D eigenvalue weighted by Crippen LogP contribution is 2.29. The van der Waals surface area contributed by atoms with Gasteiger partial charge in [0.25, 0.3) is 0 Å². The smallest absolute Gasteiger partial charge is 0.250 e. The molecule has 0 spiro atoms. The van der Waals surface area contributed by atoms with Crippen LogP contribution >= 0.6 is 0 Å². The van der Waals surface area contributed by atoms with E-state index in [-0.39, 0.29) is 29.7 Å². The predicted octanol–water partition coefficient (Wildman–Crippen LogP) is 5.27. The molecule has 0 saturated carbocycles. The van der Waals surface area contributed by atoms with E-state index >= 15 is 0 Å². The minimum atomic E-state index is -0.616. The third-order valence-electron chi connectivity index (χ3n) is 8.39. The van der Waals surface area contributed by atoms with Crippen molar-refractivity contribution in [1.82, 2.24) is 15.1 Å². The number of likely N-dealkylation sites (tertiary alicyclic amines) is 1. The van der Waals surface area contributed by atoms with Crippen molar-refractivity contribution in [2.75, 3.05) is 19.6 Å². The number of carbonyl (C=O) groups excluding carboxylic acids is 3. The van der Waals surface area contributed by atoms with Crippen molar-refractivity contribution < 1.29 is 14.4 Å². The lowest BCUT2D eigenvalue weighted by atomic mass is 9.85. The monoisotopic (exact) mass is 543 g/mol. The third kappa shape index (κ3) is 7.01. The lowest BCUT2D eigenvalue weighted by Crippen LogP contribution is -2.57. The van der Waals surface area contributed by atoms with Gasteiger partial charge < -0.3 is 15.1 Å². The van der Waals surface area contributed by atoms with Crippen LogP contribution < -0.4 is 5.32 Å². The van der Waals surface area contributed by atoms with Crippen LogP contribution in [0.4, 0.5) is 0 Å². The van der Waals surface area contributed by atoms with Crippen molar-refractivity contribution in [2.24, 2.45) is 11.3 Å². The molecule has 3 atom stereocenters. The van der Waals surface area contributed by atoms with Crippen molar-refractivity contribution in [3.8, 4) is 0 Å². The van der Waals surface area contributed by atoms with Crippen LogP contribution in [0.1, 0.15) is 70.6 Å². The molecule has 3 amide bonds. The minimum Gasteiger partial charge on any atom is -0.344 e. The second-order valence-electron chi connectivity index (χ2n) is 12.5. The van der Waals surface area contributed by atoms with E-state index in [2.05, 4.69) is 29.6 Å². The Kier molecular flexibility index (Phi) is 9.49. The van der Waals surface area contributed by atoms with Gasteiger partial charge in [-0.25, -0.2) is 0 Å². The molecule has 2 aromatic carbocycles. The highest BCUT2D eigenvalue weighted by Gasteiger charge is 2.41. The quantitative estimate of drug-likeness (QED) is 0.444. The third-order valence-corrected chi connectivity index (χ3v) is 8.39. The molecular formula is C34H45N3O3. The lowest BCUT2D eigenvalue weighted by Gasteiger charge is -2.37. The first-order valence-electron chi connectivity index (χ1n) is 14.8. The number of carbonyl (C=O) groups is 3. The standard InChI is InChI=1S/C34H45N3O3/c1-6-24(2)31(38)35-30(34(3,4)5)33(40)37-19-12-17-29(37)23-36(20-18-25-13-8-7-9-14-25)32(39)28-21-26-15-10-11-16-27(26)22-28/h7-11,13-16,21,24,29-30H,6,12,17-20,22-23H2,1-5H3,(H,35,38)/t24-,29+,30-/m1/s1. The highest BCUT2D eigenvalue weighted by atomic mass is 16.2. The molecule has 6 nitrogen and oxygen atoms in total. The van der Waals surface area contributed by atoms with Gasteiger partial charge in [-0.1, -0.05) is 89.2 Å². The average Bonchev–Trinajstić information content (AvgIpc) is 3.59. The van der Waals surface area contributed by atoms with Crippen LogP contribution in [0.3, 0.4) is 0 Å². The minimum absolute atomic E-state index is 0.0453.